The van der Waals surface area contributed by atoms with E-state index in [4.69, 9.17) is 0 Å². The summed E-state index contributed by atoms with van der Waals surface area (Å²) < 4.78 is 1.61. The molecular formula is C20H17N5O2S. The molecule has 0 bridgehead atoms. The van der Waals surface area contributed by atoms with E-state index in [0.717, 1.165) is 11.4 Å². The van der Waals surface area contributed by atoms with Crippen molar-refractivity contribution in [2.75, 3.05) is 5.32 Å². The fourth-order valence-corrected chi connectivity index (χ4v) is 3.49. The van der Waals surface area contributed by atoms with Crippen LogP contribution in [0, 0.1) is 0 Å². The number of hydrogen-bond donors (Lipinski definition) is 2. The van der Waals surface area contributed by atoms with E-state index in [0.29, 0.717) is 16.2 Å². The Morgan fingerprint density at radius 2 is 1.79 bits per heavy atom. The summed E-state index contributed by atoms with van der Waals surface area (Å²) in [5.74, 6) is -0.171. The number of hydrogen-bond acceptors (Lipinski definition) is 5. The third-order valence-electron chi connectivity index (χ3n) is 4.12. The maximum Gasteiger partial charge on any atom is 0.262 e. The van der Waals surface area contributed by atoms with Crippen LogP contribution in [-0.2, 0) is 4.79 Å². The van der Waals surface area contributed by atoms with Gasteiger partial charge in [-0.15, -0.1) is 0 Å². The summed E-state index contributed by atoms with van der Waals surface area (Å²) >= 11 is 1.19. The number of H-pyrrole nitrogens is 1. The van der Waals surface area contributed by atoms with Gasteiger partial charge in [0.05, 0.1) is 17.1 Å². The average Bonchev–Trinajstić information content (AvgIpc) is 3.14. The molecule has 28 heavy (non-hydrogen) atoms. The van der Waals surface area contributed by atoms with Gasteiger partial charge in [0.15, 0.2) is 10.8 Å². The van der Waals surface area contributed by atoms with Crippen LogP contribution in [0.25, 0.3) is 16.7 Å². The fourth-order valence-electron chi connectivity index (χ4n) is 2.70. The van der Waals surface area contributed by atoms with Crippen molar-refractivity contribution in [2.24, 2.45) is 0 Å². The van der Waals surface area contributed by atoms with Gasteiger partial charge in [0.25, 0.3) is 5.56 Å². The predicted octanol–water partition coefficient (Wildman–Crippen LogP) is 3.23. The van der Waals surface area contributed by atoms with Crippen LogP contribution in [0.3, 0.4) is 0 Å². The van der Waals surface area contributed by atoms with Crippen molar-refractivity contribution >= 4 is 34.4 Å². The number of rotatable bonds is 5. The largest absolute Gasteiger partial charge is 0.325 e. The molecular weight excluding hydrogens is 374 g/mol. The normalized spacial score (nSPS) is 12.0. The minimum Gasteiger partial charge on any atom is -0.325 e. The SMILES string of the molecule is C[C@@H](Sc1nc2c(cnn2-c2ccccc2)c(=O)[nH]1)C(=O)Nc1ccccc1. The second-order valence-corrected chi connectivity index (χ2v) is 7.45. The number of nitrogens with one attached hydrogen (secondary N) is 2. The molecule has 0 saturated heterocycles. The summed E-state index contributed by atoms with van der Waals surface area (Å²) in [4.78, 5) is 32.1. The summed E-state index contributed by atoms with van der Waals surface area (Å²) in [5.41, 5.74) is 1.69. The van der Waals surface area contributed by atoms with Gasteiger partial charge < -0.3 is 10.3 Å². The second kappa shape index (κ2) is 7.69. The standard InChI is InChI=1S/C20H17N5O2S/c1-13(18(26)22-14-8-4-2-5-9-14)28-20-23-17-16(19(27)24-20)12-21-25(17)15-10-6-3-7-11-15/h2-13H,1H3,(H,22,26)(H,23,24,27)/t13-/m1/s1. The minimum atomic E-state index is -0.450. The van der Waals surface area contributed by atoms with E-state index < -0.39 is 5.25 Å². The number of amides is 1. The van der Waals surface area contributed by atoms with E-state index in [1.165, 1.54) is 18.0 Å². The van der Waals surface area contributed by atoms with Gasteiger partial charge in [-0.05, 0) is 31.2 Å². The lowest BCUT2D eigenvalue weighted by Crippen LogP contribution is -2.23. The quantitative estimate of drug-likeness (QED) is 0.402. The van der Waals surface area contributed by atoms with Gasteiger partial charge in [0, 0.05) is 5.69 Å². The zero-order chi connectivity index (χ0) is 19.5. The van der Waals surface area contributed by atoms with Crippen molar-refractivity contribution in [3.8, 4) is 5.69 Å². The highest BCUT2D eigenvalue weighted by atomic mass is 32.2. The average molecular weight is 391 g/mol. The Hall–Kier alpha value is -3.39. The first-order valence-corrected chi connectivity index (χ1v) is 9.56. The molecule has 4 aromatic rings. The minimum absolute atomic E-state index is 0.171. The van der Waals surface area contributed by atoms with E-state index in [1.54, 1.807) is 11.6 Å². The smallest absolute Gasteiger partial charge is 0.262 e. The number of thioether (sulfide) groups is 1. The van der Waals surface area contributed by atoms with Crippen LogP contribution in [-0.4, -0.2) is 30.9 Å². The van der Waals surface area contributed by atoms with Crippen LogP contribution in [0.15, 0.2) is 76.8 Å². The Kier molecular flexibility index (Phi) is 4.94. The van der Waals surface area contributed by atoms with Crippen LogP contribution >= 0.6 is 11.8 Å². The van der Waals surface area contributed by atoms with Gasteiger partial charge >= 0.3 is 0 Å². The van der Waals surface area contributed by atoms with Crippen LogP contribution in [0.1, 0.15) is 6.92 Å². The maximum atomic E-state index is 12.4. The lowest BCUT2D eigenvalue weighted by atomic mass is 10.3. The van der Waals surface area contributed by atoms with Crippen LogP contribution < -0.4 is 10.9 Å². The lowest BCUT2D eigenvalue weighted by Gasteiger charge is -2.11. The Morgan fingerprint density at radius 1 is 1.11 bits per heavy atom. The van der Waals surface area contributed by atoms with E-state index in [9.17, 15) is 9.59 Å². The van der Waals surface area contributed by atoms with Crippen molar-refractivity contribution in [1.29, 1.82) is 0 Å². The Balaban J connectivity index is 1.60. The highest BCUT2D eigenvalue weighted by Crippen LogP contribution is 2.22. The molecule has 7 nitrogen and oxygen atoms in total. The van der Waals surface area contributed by atoms with Gasteiger partial charge in [-0.25, -0.2) is 9.67 Å². The van der Waals surface area contributed by atoms with Gasteiger partial charge in [-0.1, -0.05) is 48.2 Å². The van der Waals surface area contributed by atoms with E-state index in [1.807, 2.05) is 60.7 Å². The molecule has 4 rings (SSSR count). The molecule has 0 spiro atoms. The van der Waals surface area contributed by atoms with Crippen molar-refractivity contribution in [3.05, 3.63) is 77.2 Å². The first kappa shape index (κ1) is 18.0. The first-order valence-electron chi connectivity index (χ1n) is 8.68. The molecule has 0 saturated carbocycles. The summed E-state index contributed by atoms with van der Waals surface area (Å²) in [5, 5.41) is 7.45. The lowest BCUT2D eigenvalue weighted by molar-refractivity contribution is -0.115. The monoisotopic (exact) mass is 391 g/mol. The van der Waals surface area contributed by atoms with E-state index in [2.05, 4.69) is 20.4 Å². The van der Waals surface area contributed by atoms with Gasteiger partial charge in [0.2, 0.25) is 5.91 Å². The maximum absolute atomic E-state index is 12.4. The Labute approximate surface area is 164 Å². The summed E-state index contributed by atoms with van der Waals surface area (Å²) in [6, 6.07) is 18.7. The molecule has 0 aliphatic carbocycles. The summed E-state index contributed by atoms with van der Waals surface area (Å²) in [7, 11) is 0. The molecule has 0 aliphatic heterocycles. The number of aromatic amines is 1. The zero-order valence-corrected chi connectivity index (χ0v) is 15.8. The number of carbonyl (C=O) groups excluding carboxylic acids is 1. The van der Waals surface area contributed by atoms with Crippen molar-refractivity contribution in [3.63, 3.8) is 0 Å². The molecule has 1 amide bonds. The van der Waals surface area contributed by atoms with Crippen LogP contribution in [0.2, 0.25) is 0 Å². The predicted molar refractivity (Wildman–Crippen MR) is 110 cm³/mol. The number of nitrogens with zero attached hydrogens (tertiary/aromatic N) is 3. The number of anilines is 1. The third kappa shape index (κ3) is 3.67. The fraction of sp³-hybridized carbons (Fsp3) is 0.100. The molecule has 1 atom stereocenters. The van der Waals surface area contributed by atoms with Crippen molar-refractivity contribution < 1.29 is 4.79 Å². The van der Waals surface area contributed by atoms with Crippen molar-refractivity contribution in [1.82, 2.24) is 19.7 Å². The highest BCUT2D eigenvalue weighted by Gasteiger charge is 2.18. The second-order valence-electron chi connectivity index (χ2n) is 6.12. The molecule has 2 aromatic carbocycles. The number of para-hydroxylation sites is 2. The van der Waals surface area contributed by atoms with E-state index >= 15 is 0 Å². The molecule has 2 N–H and O–H groups in total. The molecule has 2 aromatic heterocycles. The molecule has 0 aliphatic rings. The highest BCUT2D eigenvalue weighted by molar-refractivity contribution is 8.00. The van der Waals surface area contributed by atoms with Crippen molar-refractivity contribution in [2.45, 2.75) is 17.3 Å². The van der Waals surface area contributed by atoms with Gasteiger partial charge in [0.1, 0.15) is 5.39 Å². The topological polar surface area (TPSA) is 92.7 Å². The van der Waals surface area contributed by atoms with Gasteiger partial charge in [-0.3, -0.25) is 9.59 Å². The number of fused-ring (bicyclic) bond motifs is 1. The van der Waals surface area contributed by atoms with E-state index in [-0.39, 0.29) is 11.5 Å². The zero-order valence-electron chi connectivity index (χ0n) is 15.0. The number of carbonyl (C=O) groups is 1. The van der Waals surface area contributed by atoms with Crippen LogP contribution in [0.4, 0.5) is 5.69 Å². The Morgan fingerprint density at radius 3 is 2.50 bits per heavy atom. The number of aromatic nitrogens is 4. The molecule has 8 heteroatoms. The Bertz CT molecular complexity index is 1170. The summed E-state index contributed by atoms with van der Waals surface area (Å²) in [6.45, 7) is 1.77. The molecule has 140 valence electrons. The van der Waals surface area contributed by atoms with Gasteiger partial charge in [-0.2, -0.15) is 5.10 Å². The molecule has 2 heterocycles. The third-order valence-corrected chi connectivity index (χ3v) is 5.10. The molecule has 0 fully saturated rings. The first-order chi connectivity index (χ1) is 13.6. The summed E-state index contributed by atoms with van der Waals surface area (Å²) in [6.07, 6.45) is 1.49. The number of benzene rings is 2. The van der Waals surface area contributed by atoms with Crippen LogP contribution in [0.5, 0.6) is 0 Å². The molecule has 0 radical (unpaired) electrons. The molecule has 0 unspecified atom stereocenters.